The second-order valence-electron chi connectivity index (χ2n) is 10.5. The number of nitrogens with one attached hydrogen (secondary N) is 2. The first-order valence-electron chi connectivity index (χ1n) is 13.0. The van der Waals surface area contributed by atoms with Crippen LogP contribution in [0.25, 0.3) is 0 Å². The molecule has 0 fully saturated rings. The van der Waals surface area contributed by atoms with E-state index < -0.39 is 15.4 Å². The summed E-state index contributed by atoms with van der Waals surface area (Å²) in [5, 5.41) is 5.89. The SMILES string of the molecule is Cc1ccc(C)c(OCCCC(C)(C)C(=O)NC(=S)Nc2ccc(S(=O)(=O)N3CCc4ccccc43)cc2)c1. The van der Waals surface area contributed by atoms with Gasteiger partial charge in [0.1, 0.15) is 5.75 Å². The van der Waals surface area contributed by atoms with E-state index in [1.165, 1.54) is 4.31 Å². The van der Waals surface area contributed by atoms with Crippen molar-refractivity contribution in [1.82, 2.24) is 5.32 Å². The Kier molecular flexibility index (Phi) is 8.61. The molecule has 0 atom stereocenters. The molecule has 7 nitrogen and oxygen atoms in total. The molecule has 0 spiro atoms. The molecule has 1 amide bonds. The Morgan fingerprint density at radius 2 is 1.77 bits per heavy atom. The van der Waals surface area contributed by atoms with Gasteiger partial charge in [-0.25, -0.2) is 8.42 Å². The van der Waals surface area contributed by atoms with E-state index in [0.29, 0.717) is 38.1 Å². The lowest BCUT2D eigenvalue weighted by atomic mass is 9.87. The van der Waals surface area contributed by atoms with E-state index in [-0.39, 0.29) is 15.9 Å². The topological polar surface area (TPSA) is 87.7 Å². The fourth-order valence-corrected chi connectivity index (χ4v) is 6.22. The van der Waals surface area contributed by atoms with Crippen molar-refractivity contribution in [3.63, 3.8) is 0 Å². The average molecular weight is 566 g/mol. The van der Waals surface area contributed by atoms with Gasteiger partial charge in [-0.05, 0) is 98.4 Å². The third-order valence-electron chi connectivity index (χ3n) is 6.93. The van der Waals surface area contributed by atoms with E-state index in [9.17, 15) is 13.2 Å². The maximum atomic E-state index is 13.2. The van der Waals surface area contributed by atoms with Gasteiger partial charge in [-0.3, -0.25) is 9.10 Å². The number of fused-ring (bicyclic) bond motifs is 1. The quantitative estimate of drug-likeness (QED) is 0.254. The fourth-order valence-electron chi connectivity index (χ4n) is 4.50. The number of aryl methyl sites for hydroxylation is 2. The molecule has 2 N–H and O–H groups in total. The Hall–Kier alpha value is -3.43. The number of anilines is 2. The second kappa shape index (κ2) is 11.8. The number of sulfonamides is 1. The normalized spacial score (nSPS) is 13.1. The molecule has 0 unspecified atom stereocenters. The van der Waals surface area contributed by atoms with Crippen molar-refractivity contribution in [2.75, 3.05) is 22.8 Å². The molecule has 0 aliphatic carbocycles. The maximum absolute atomic E-state index is 13.2. The van der Waals surface area contributed by atoms with E-state index >= 15 is 0 Å². The molecule has 1 heterocycles. The number of amides is 1. The second-order valence-corrected chi connectivity index (χ2v) is 12.8. The van der Waals surface area contributed by atoms with Crippen molar-refractivity contribution in [1.29, 1.82) is 0 Å². The fraction of sp³-hybridized carbons (Fsp3) is 0.333. The summed E-state index contributed by atoms with van der Waals surface area (Å²) in [4.78, 5) is 13.1. The lowest BCUT2D eigenvalue weighted by Crippen LogP contribution is -2.42. The number of para-hydroxylation sites is 1. The highest BCUT2D eigenvalue weighted by Gasteiger charge is 2.31. The Bertz CT molecular complexity index is 1470. The van der Waals surface area contributed by atoms with E-state index in [1.807, 2.05) is 64.1 Å². The molecule has 0 aromatic heterocycles. The van der Waals surface area contributed by atoms with Gasteiger partial charge in [0.25, 0.3) is 10.0 Å². The molecule has 1 aliphatic heterocycles. The number of rotatable bonds is 9. The molecule has 9 heteroatoms. The molecule has 0 radical (unpaired) electrons. The van der Waals surface area contributed by atoms with Gasteiger partial charge in [0, 0.05) is 17.6 Å². The van der Waals surface area contributed by atoms with Crippen LogP contribution in [0, 0.1) is 19.3 Å². The van der Waals surface area contributed by atoms with Crippen LogP contribution in [-0.4, -0.2) is 32.6 Å². The monoisotopic (exact) mass is 565 g/mol. The molecule has 0 saturated carbocycles. The van der Waals surface area contributed by atoms with E-state index in [4.69, 9.17) is 17.0 Å². The van der Waals surface area contributed by atoms with Gasteiger partial charge in [0.05, 0.1) is 17.2 Å². The molecule has 3 aromatic rings. The third-order valence-corrected chi connectivity index (χ3v) is 8.97. The van der Waals surface area contributed by atoms with Gasteiger partial charge in [-0.2, -0.15) is 0 Å². The van der Waals surface area contributed by atoms with Gasteiger partial charge in [0.15, 0.2) is 5.11 Å². The Morgan fingerprint density at radius 1 is 1.05 bits per heavy atom. The van der Waals surface area contributed by atoms with Crippen molar-refractivity contribution in [3.05, 3.63) is 83.4 Å². The Balaban J connectivity index is 1.28. The summed E-state index contributed by atoms with van der Waals surface area (Å²) in [5.41, 5.74) is 3.91. The number of hydrogen-bond donors (Lipinski definition) is 2. The first-order valence-corrected chi connectivity index (χ1v) is 14.9. The highest BCUT2D eigenvalue weighted by atomic mass is 32.2. The van der Waals surface area contributed by atoms with Gasteiger partial charge in [-0.15, -0.1) is 0 Å². The van der Waals surface area contributed by atoms with Crippen LogP contribution in [0.3, 0.4) is 0 Å². The van der Waals surface area contributed by atoms with Crippen molar-refractivity contribution < 1.29 is 17.9 Å². The standard InChI is InChI=1S/C30H35N3O4S2/c1-21-10-11-22(2)27(20-21)37-19-7-17-30(3,4)28(34)32-29(38)31-24-12-14-25(15-13-24)39(35,36)33-18-16-23-8-5-6-9-26(23)33/h5-6,8-15,20H,7,16-19H2,1-4H3,(H2,31,32,34,38). The third kappa shape index (κ3) is 6.78. The number of ether oxygens (including phenoxy) is 1. The summed E-state index contributed by atoms with van der Waals surface area (Å²) in [5.74, 6) is 0.672. The number of carbonyl (C=O) groups excluding carboxylic acids is 1. The molecule has 206 valence electrons. The molecule has 1 aliphatic rings. The van der Waals surface area contributed by atoms with Gasteiger partial charge < -0.3 is 15.4 Å². The summed E-state index contributed by atoms with van der Waals surface area (Å²) in [6.07, 6.45) is 2.03. The molecule has 0 saturated heterocycles. The summed E-state index contributed by atoms with van der Waals surface area (Å²) in [6.45, 7) is 8.73. The minimum absolute atomic E-state index is 0.156. The van der Waals surface area contributed by atoms with Gasteiger partial charge >= 0.3 is 0 Å². The molecular weight excluding hydrogens is 530 g/mol. The van der Waals surface area contributed by atoms with Crippen LogP contribution in [0.4, 0.5) is 11.4 Å². The number of nitrogens with zero attached hydrogens (tertiary/aromatic N) is 1. The van der Waals surface area contributed by atoms with E-state index in [0.717, 1.165) is 28.1 Å². The van der Waals surface area contributed by atoms with Gasteiger partial charge in [0.2, 0.25) is 5.91 Å². The number of carbonyl (C=O) groups is 1. The van der Waals surface area contributed by atoms with Crippen LogP contribution in [0.1, 0.15) is 43.4 Å². The predicted molar refractivity (Wildman–Crippen MR) is 160 cm³/mol. The largest absolute Gasteiger partial charge is 0.493 e. The van der Waals surface area contributed by atoms with Crippen LogP contribution in [-0.2, 0) is 21.2 Å². The number of hydrogen-bond acceptors (Lipinski definition) is 5. The summed E-state index contributed by atoms with van der Waals surface area (Å²) >= 11 is 5.35. The summed E-state index contributed by atoms with van der Waals surface area (Å²) in [7, 11) is -3.68. The average Bonchev–Trinajstić information content (AvgIpc) is 3.34. The Labute approximate surface area is 236 Å². The molecule has 3 aromatic carbocycles. The highest BCUT2D eigenvalue weighted by Crippen LogP contribution is 2.33. The van der Waals surface area contributed by atoms with Crippen molar-refractivity contribution in [3.8, 4) is 5.75 Å². The zero-order chi connectivity index (χ0) is 28.2. The zero-order valence-electron chi connectivity index (χ0n) is 22.8. The van der Waals surface area contributed by atoms with Gasteiger partial charge in [-0.1, -0.05) is 44.2 Å². The predicted octanol–water partition coefficient (Wildman–Crippen LogP) is 5.75. The first-order chi connectivity index (χ1) is 18.5. The zero-order valence-corrected chi connectivity index (χ0v) is 24.4. The minimum atomic E-state index is -3.68. The Morgan fingerprint density at radius 3 is 2.51 bits per heavy atom. The summed E-state index contributed by atoms with van der Waals surface area (Å²) in [6, 6.07) is 20.0. The molecular formula is C30H35N3O4S2. The lowest BCUT2D eigenvalue weighted by Gasteiger charge is -2.24. The molecule has 39 heavy (non-hydrogen) atoms. The minimum Gasteiger partial charge on any atom is -0.493 e. The van der Waals surface area contributed by atoms with Crippen molar-refractivity contribution >= 4 is 44.6 Å². The molecule has 4 rings (SSSR count). The summed E-state index contributed by atoms with van der Waals surface area (Å²) < 4.78 is 33.8. The number of thiocarbonyl (C=S) groups is 1. The van der Waals surface area contributed by atoms with E-state index in [1.54, 1.807) is 24.3 Å². The molecule has 0 bridgehead atoms. The van der Waals surface area contributed by atoms with Crippen molar-refractivity contribution in [2.45, 2.75) is 51.9 Å². The lowest BCUT2D eigenvalue weighted by molar-refractivity contribution is -0.128. The van der Waals surface area contributed by atoms with Crippen LogP contribution in [0.5, 0.6) is 5.75 Å². The first kappa shape index (κ1) is 28.6. The van der Waals surface area contributed by atoms with E-state index in [2.05, 4.69) is 16.7 Å². The van der Waals surface area contributed by atoms with Crippen LogP contribution in [0.15, 0.2) is 71.6 Å². The maximum Gasteiger partial charge on any atom is 0.264 e. The van der Waals surface area contributed by atoms with Crippen LogP contribution >= 0.6 is 12.2 Å². The highest BCUT2D eigenvalue weighted by molar-refractivity contribution is 7.92. The number of benzene rings is 3. The van der Waals surface area contributed by atoms with Crippen molar-refractivity contribution in [2.24, 2.45) is 5.41 Å². The van der Waals surface area contributed by atoms with Crippen LogP contribution in [0.2, 0.25) is 0 Å². The van der Waals surface area contributed by atoms with Crippen LogP contribution < -0.4 is 19.7 Å². The smallest absolute Gasteiger partial charge is 0.264 e.